The minimum atomic E-state index is -0.558. The fourth-order valence-corrected chi connectivity index (χ4v) is 4.09. The van der Waals surface area contributed by atoms with E-state index in [2.05, 4.69) is 5.32 Å². The van der Waals surface area contributed by atoms with E-state index in [1.165, 1.54) is 4.57 Å². The van der Waals surface area contributed by atoms with E-state index >= 15 is 0 Å². The van der Waals surface area contributed by atoms with Crippen LogP contribution in [0.4, 0.5) is 16.2 Å². The number of hydrogen-bond acceptors (Lipinski definition) is 4. The fourth-order valence-electron chi connectivity index (χ4n) is 4.09. The van der Waals surface area contributed by atoms with E-state index in [-0.39, 0.29) is 6.42 Å². The Labute approximate surface area is 203 Å². The Bertz CT molecular complexity index is 1400. The van der Waals surface area contributed by atoms with Gasteiger partial charge in [0.2, 0.25) is 12.3 Å². The van der Waals surface area contributed by atoms with Gasteiger partial charge in [0, 0.05) is 16.8 Å². The number of methoxy groups -OCH3 is 1. The first-order chi connectivity index (χ1) is 16.8. The van der Waals surface area contributed by atoms with Crippen molar-refractivity contribution in [3.05, 3.63) is 89.1 Å². The number of hydrogen-bond donors (Lipinski definition) is 1. The normalized spacial score (nSPS) is 10.7. The van der Waals surface area contributed by atoms with Crippen LogP contribution < -0.4 is 15.0 Å². The summed E-state index contributed by atoms with van der Waals surface area (Å²) in [5.41, 5.74) is 5.09. The van der Waals surface area contributed by atoms with Gasteiger partial charge < -0.3 is 10.1 Å². The van der Waals surface area contributed by atoms with Crippen LogP contribution >= 0.6 is 0 Å². The molecule has 4 aromatic rings. The van der Waals surface area contributed by atoms with Gasteiger partial charge in [0.15, 0.2) is 0 Å². The Hall–Kier alpha value is -4.39. The van der Waals surface area contributed by atoms with Crippen molar-refractivity contribution in [1.29, 1.82) is 0 Å². The highest BCUT2D eigenvalue weighted by molar-refractivity contribution is 6.19. The number of rotatable bonds is 6. The quantitative estimate of drug-likeness (QED) is 0.382. The number of carbonyl (C=O) groups is 3. The number of benzene rings is 3. The van der Waals surface area contributed by atoms with Gasteiger partial charge in [-0.05, 0) is 68.8 Å². The summed E-state index contributed by atoms with van der Waals surface area (Å²) < 4.78 is 6.85. The third-order valence-corrected chi connectivity index (χ3v) is 6.07. The lowest BCUT2D eigenvalue weighted by molar-refractivity contribution is -0.117. The van der Waals surface area contributed by atoms with E-state index in [1.807, 2.05) is 38.1 Å². The van der Waals surface area contributed by atoms with E-state index in [0.29, 0.717) is 33.9 Å². The highest BCUT2D eigenvalue weighted by Gasteiger charge is 2.26. The van der Waals surface area contributed by atoms with Crippen LogP contribution in [0.5, 0.6) is 5.75 Å². The van der Waals surface area contributed by atoms with Crippen molar-refractivity contribution < 1.29 is 19.1 Å². The third kappa shape index (κ3) is 4.80. The van der Waals surface area contributed by atoms with Gasteiger partial charge in [-0.2, -0.15) is 0 Å². The number of aromatic nitrogens is 1. The highest BCUT2D eigenvalue weighted by atomic mass is 16.5. The Kier molecular flexibility index (Phi) is 6.68. The average Bonchev–Trinajstić information content (AvgIpc) is 3.11. The van der Waals surface area contributed by atoms with Crippen molar-refractivity contribution in [2.45, 2.75) is 27.2 Å². The van der Waals surface area contributed by atoms with Crippen molar-refractivity contribution in [1.82, 2.24) is 4.57 Å². The molecule has 178 valence electrons. The molecule has 1 aromatic heterocycles. The van der Waals surface area contributed by atoms with Crippen molar-refractivity contribution in [2.24, 2.45) is 0 Å². The molecule has 7 heteroatoms. The number of carbonyl (C=O) groups excluding carboxylic acids is 3. The smallest absolute Gasteiger partial charge is 0.333 e. The predicted octanol–water partition coefficient (Wildman–Crippen LogP) is 5.42. The molecule has 0 spiro atoms. The van der Waals surface area contributed by atoms with E-state index in [0.717, 1.165) is 27.8 Å². The molecule has 0 aliphatic heterocycles. The second-order valence-electron chi connectivity index (χ2n) is 8.46. The summed E-state index contributed by atoms with van der Waals surface area (Å²) in [4.78, 5) is 39.9. The predicted molar refractivity (Wildman–Crippen MR) is 138 cm³/mol. The molecule has 1 N–H and O–H groups in total. The van der Waals surface area contributed by atoms with Gasteiger partial charge in [-0.25, -0.2) is 9.69 Å². The second kappa shape index (κ2) is 9.85. The van der Waals surface area contributed by atoms with Crippen molar-refractivity contribution in [3.8, 4) is 5.75 Å². The molecule has 0 radical (unpaired) electrons. The molecule has 3 amide bonds. The van der Waals surface area contributed by atoms with Crippen molar-refractivity contribution in [2.75, 3.05) is 17.3 Å². The Morgan fingerprint density at radius 3 is 2.17 bits per heavy atom. The molecule has 35 heavy (non-hydrogen) atoms. The van der Waals surface area contributed by atoms with Gasteiger partial charge in [-0.3, -0.25) is 14.2 Å². The number of urea groups is 1. The van der Waals surface area contributed by atoms with Crippen molar-refractivity contribution in [3.63, 3.8) is 0 Å². The molecule has 0 saturated carbocycles. The molecular weight excluding hydrogens is 442 g/mol. The minimum absolute atomic E-state index is 0.0778. The van der Waals surface area contributed by atoms with Crippen LogP contribution in [-0.2, 0) is 16.0 Å². The topological polar surface area (TPSA) is 80.6 Å². The molecule has 1 heterocycles. The van der Waals surface area contributed by atoms with E-state index in [1.54, 1.807) is 56.5 Å². The molecule has 7 nitrogen and oxygen atoms in total. The summed E-state index contributed by atoms with van der Waals surface area (Å²) in [6.07, 6.45) is 0.644. The van der Waals surface area contributed by atoms with Gasteiger partial charge in [0.25, 0.3) is 0 Å². The zero-order valence-corrected chi connectivity index (χ0v) is 20.2. The lowest BCUT2D eigenvalue weighted by atomic mass is 10.1. The van der Waals surface area contributed by atoms with Gasteiger partial charge in [0.1, 0.15) is 5.75 Å². The van der Waals surface area contributed by atoms with Gasteiger partial charge in [0.05, 0.1) is 24.7 Å². The first-order valence-electron chi connectivity index (χ1n) is 11.2. The summed E-state index contributed by atoms with van der Waals surface area (Å²) in [5, 5.41) is 3.55. The number of imide groups is 1. The Morgan fingerprint density at radius 2 is 1.57 bits per heavy atom. The molecular formula is C28H27N3O4. The summed E-state index contributed by atoms with van der Waals surface area (Å²) in [5.74, 6) is 0.191. The van der Waals surface area contributed by atoms with Gasteiger partial charge in [-0.1, -0.05) is 35.4 Å². The SMILES string of the molecule is COc1ccc2c(c1)c(CC(=O)N(C(=O)Nc1ccc(C)cc1)c1ccc(C)cc1)c(C)n2C=O. The zero-order valence-electron chi connectivity index (χ0n) is 20.2. The van der Waals surface area contributed by atoms with E-state index < -0.39 is 11.9 Å². The molecule has 0 aliphatic carbocycles. The number of nitrogens with zero attached hydrogens (tertiary/aromatic N) is 2. The van der Waals surface area contributed by atoms with Crippen molar-refractivity contribution >= 4 is 40.6 Å². The van der Waals surface area contributed by atoms with Gasteiger partial charge in [-0.15, -0.1) is 0 Å². The average molecular weight is 470 g/mol. The van der Waals surface area contributed by atoms with Crippen LogP contribution in [0, 0.1) is 20.8 Å². The van der Waals surface area contributed by atoms with Crippen LogP contribution in [0.15, 0.2) is 66.7 Å². The number of amides is 3. The minimum Gasteiger partial charge on any atom is -0.497 e. The number of aryl methyl sites for hydroxylation is 2. The van der Waals surface area contributed by atoms with Crippen LogP contribution in [0.2, 0.25) is 0 Å². The van der Waals surface area contributed by atoms with Crippen LogP contribution in [0.25, 0.3) is 10.9 Å². The molecule has 0 aliphatic rings. The lowest BCUT2D eigenvalue weighted by Gasteiger charge is -2.22. The number of anilines is 2. The maximum Gasteiger partial charge on any atom is 0.333 e. The lowest BCUT2D eigenvalue weighted by Crippen LogP contribution is -2.41. The molecule has 0 fully saturated rings. The maximum atomic E-state index is 13.7. The number of ether oxygens (including phenoxy) is 1. The van der Waals surface area contributed by atoms with E-state index in [9.17, 15) is 14.4 Å². The molecule has 0 bridgehead atoms. The van der Waals surface area contributed by atoms with Crippen LogP contribution in [0.1, 0.15) is 22.4 Å². The fraction of sp³-hybridized carbons (Fsp3) is 0.179. The number of nitrogens with one attached hydrogen (secondary N) is 1. The van der Waals surface area contributed by atoms with Crippen LogP contribution in [0.3, 0.4) is 0 Å². The Morgan fingerprint density at radius 1 is 0.943 bits per heavy atom. The first-order valence-corrected chi connectivity index (χ1v) is 11.2. The molecule has 0 saturated heterocycles. The number of fused-ring (bicyclic) bond motifs is 1. The van der Waals surface area contributed by atoms with Gasteiger partial charge >= 0.3 is 6.03 Å². The molecule has 0 atom stereocenters. The molecule has 3 aromatic carbocycles. The summed E-state index contributed by atoms with van der Waals surface area (Å²) in [6.45, 7) is 5.68. The Balaban J connectivity index is 1.73. The largest absolute Gasteiger partial charge is 0.497 e. The monoisotopic (exact) mass is 469 g/mol. The maximum absolute atomic E-state index is 13.7. The zero-order chi connectivity index (χ0) is 25.1. The standard InChI is InChI=1S/C28H27N3O4/c1-18-5-9-21(10-6-18)29-28(34)31(22-11-7-19(2)8-12-22)27(33)16-24-20(3)30(17-32)26-14-13-23(35-4)15-25(24)26/h5-15,17H,16H2,1-4H3,(H,29,34). The summed E-state index contributed by atoms with van der Waals surface area (Å²) in [6, 6.07) is 19.3. The van der Waals surface area contributed by atoms with E-state index in [4.69, 9.17) is 4.74 Å². The molecule has 4 rings (SSSR count). The highest BCUT2D eigenvalue weighted by Crippen LogP contribution is 2.30. The second-order valence-corrected chi connectivity index (χ2v) is 8.46. The molecule has 0 unspecified atom stereocenters. The van der Waals surface area contributed by atoms with Crippen LogP contribution in [-0.4, -0.2) is 30.0 Å². The summed E-state index contributed by atoms with van der Waals surface area (Å²) in [7, 11) is 1.56. The third-order valence-electron chi connectivity index (χ3n) is 6.07. The summed E-state index contributed by atoms with van der Waals surface area (Å²) >= 11 is 0. The first kappa shape index (κ1) is 23.8.